The van der Waals surface area contributed by atoms with Gasteiger partial charge in [-0.25, -0.2) is 14.8 Å². The zero-order valence-corrected chi connectivity index (χ0v) is 29.1. The van der Waals surface area contributed by atoms with Gasteiger partial charge in [-0.1, -0.05) is 62.7 Å². The van der Waals surface area contributed by atoms with Gasteiger partial charge in [0, 0.05) is 37.0 Å². The van der Waals surface area contributed by atoms with Crippen molar-refractivity contribution in [1.82, 2.24) is 35.3 Å². The number of guanidine groups is 1. The molecule has 1 aliphatic carbocycles. The number of hydrogen-bond donors (Lipinski definition) is 3. The lowest BCUT2D eigenvalue weighted by Gasteiger charge is -2.39. The molecular weight excluding hydrogens is 668 g/mol. The number of likely N-dealkylation sites (tertiary alicyclic amines) is 1. The fourth-order valence-corrected chi connectivity index (χ4v) is 7.00. The van der Waals surface area contributed by atoms with Crippen LogP contribution in [-0.4, -0.2) is 80.9 Å². The van der Waals surface area contributed by atoms with Crippen LogP contribution in [0.25, 0.3) is 17.0 Å². The first-order chi connectivity index (χ1) is 23.6. The minimum Gasteiger partial charge on any atom is -0.447 e. The Morgan fingerprint density at radius 2 is 1.92 bits per heavy atom. The van der Waals surface area contributed by atoms with E-state index in [4.69, 9.17) is 16.3 Å². The number of alkyl halides is 2. The van der Waals surface area contributed by atoms with Crippen molar-refractivity contribution in [2.45, 2.75) is 65.1 Å². The predicted molar refractivity (Wildman–Crippen MR) is 185 cm³/mol. The molecule has 1 saturated carbocycles. The Hall–Kier alpha value is -4.85. The van der Waals surface area contributed by atoms with Crippen molar-refractivity contribution in [3.63, 3.8) is 0 Å². The summed E-state index contributed by atoms with van der Waals surface area (Å²) in [6, 6.07) is 11.2. The summed E-state index contributed by atoms with van der Waals surface area (Å²) in [6.45, 7) is 9.10. The fraction of sp³-hybridized carbons (Fsp3) is 0.429. The van der Waals surface area contributed by atoms with Gasteiger partial charge in [0.2, 0.25) is 0 Å². The van der Waals surface area contributed by atoms with Crippen molar-refractivity contribution in [2.75, 3.05) is 19.7 Å². The maximum atomic E-state index is 14.9. The summed E-state index contributed by atoms with van der Waals surface area (Å²) in [4.78, 5) is 35.3. The molecule has 6 rings (SSSR count). The van der Waals surface area contributed by atoms with Gasteiger partial charge < -0.3 is 15.0 Å². The first-order valence-corrected chi connectivity index (χ1v) is 16.6. The third-order valence-corrected chi connectivity index (χ3v) is 9.79. The zero-order chi connectivity index (χ0) is 36.0. The fourth-order valence-electron chi connectivity index (χ4n) is 6.80. The van der Waals surface area contributed by atoms with Crippen LogP contribution < -0.4 is 5.32 Å². The van der Waals surface area contributed by atoms with Crippen LogP contribution in [-0.2, 0) is 15.1 Å². The number of carbonyl (C=O) groups excluding carboxylic acids is 2. The summed E-state index contributed by atoms with van der Waals surface area (Å²) in [5.74, 6) is -0.159. The van der Waals surface area contributed by atoms with Gasteiger partial charge in [0.15, 0.2) is 11.8 Å². The summed E-state index contributed by atoms with van der Waals surface area (Å²) < 4.78 is 32.4. The topological polar surface area (TPSA) is 143 Å². The lowest BCUT2D eigenvalue weighted by molar-refractivity contribution is -0.135. The lowest BCUT2D eigenvalue weighted by Crippen LogP contribution is -2.52. The summed E-state index contributed by atoms with van der Waals surface area (Å²) in [7, 11) is 0. The Labute approximate surface area is 294 Å². The van der Waals surface area contributed by atoms with E-state index in [-0.39, 0.29) is 18.0 Å². The van der Waals surface area contributed by atoms with Gasteiger partial charge >= 0.3 is 12.6 Å². The average Bonchev–Trinajstić information content (AvgIpc) is 3.60. The van der Waals surface area contributed by atoms with Gasteiger partial charge in [0.05, 0.1) is 11.1 Å². The number of amides is 2. The molecule has 12 nitrogen and oxygen atoms in total. The van der Waals surface area contributed by atoms with Crippen molar-refractivity contribution in [3.8, 4) is 11.4 Å². The van der Waals surface area contributed by atoms with Crippen molar-refractivity contribution >= 4 is 41.9 Å². The molecule has 3 N–H and O–H groups in total. The van der Waals surface area contributed by atoms with E-state index in [2.05, 4.69) is 32.3 Å². The summed E-state index contributed by atoms with van der Waals surface area (Å²) in [5, 5.41) is 23.3. The van der Waals surface area contributed by atoms with Crippen LogP contribution in [0.4, 0.5) is 13.6 Å². The first-order valence-electron chi connectivity index (χ1n) is 16.3. The maximum absolute atomic E-state index is 14.9. The second-order valence-corrected chi connectivity index (χ2v) is 14.9. The van der Waals surface area contributed by atoms with Gasteiger partial charge in [-0.05, 0) is 66.0 Å². The molecule has 3 heterocycles. The van der Waals surface area contributed by atoms with Crippen LogP contribution in [0.5, 0.6) is 0 Å². The molecule has 2 saturated heterocycles. The van der Waals surface area contributed by atoms with Crippen LogP contribution in [0, 0.1) is 16.2 Å². The molecule has 1 aromatic heterocycles. The molecule has 1 spiro atoms. The predicted octanol–water partition coefficient (Wildman–Crippen LogP) is 6.60. The Morgan fingerprint density at radius 3 is 2.50 bits per heavy atom. The number of nitrogens with one attached hydrogen (secondary N) is 3. The Balaban J connectivity index is 1.36. The van der Waals surface area contributed by atoms with Gasteiger partial charge in [0.1, 0.15) is 18.5 Å². The number of ether oxygens (including phenoxy) is 1. The minimum atomic E-state index is -2.85. The third kappa shape index (κ3) is 6.80. The van der Waals surface area contributed by atoms with Gasteiger partial charge in [-0.15, -0.1) is 0 Å². The molecule has 50 heavy (non-hydrogen) atoms. The van der Waals surface area contributed by atoms with E-state index in [1.165, 1.54) is 17.4 Å². The van der Waals surface area contributed by atoms with E-state index in [1.54, 1.807) is 54.3 Å². The molecule has 2 amide bonds. The molecule has 3 fully saturated rings. The number of hydrazone groups is 1. The molecule has 15 heteroatoms. The van der Waals surface area contributed by atoms with Crippen LogP contribution in [0.1, 0.15) is 69.7 Å². The number of halogens is 3. The average molecular weight is 708 g/mol. The molecule has 0 bridgehead atoms. The molecule has 3 aromatic rings. The number of carbonyl (C=O) groups is 2. The molecule has 3 aliphatic rings. The van der Waals surface area contributed by atoms with Crippen LogP contribution in [0.3, 0.4) is 0 Å². The monoisotopic (exact) mass is 707 g/mol. The molecule has 1 unspecified atom stereocenters. The number of allylic oxidation sites excluding steroid dienone is 1. The van der Waals surface area contributed by atoms with Crippen LogP contribution in [0.15, 0.2) is 60.1 Å². The SMILES string of the molecule is C=NN(/C=C(\C)c1ccc([C@@]2(CC(C)(C)C)NC(=N)N(C(COC(=O)N3CC4(CC4)C3)c3ccc(Cl)c(-c4ncn[nH]4)c3)C2=O)cc1)C(F)F. The van der Waals surface area contributed by atoms with Crippen molar-refractivity contribution in [2.24, 2.45) is 15.9 Å². The number of rotatable bonds is 11. The number of aromatic nitrogens is 3. The summed E-state index contributed by atoms with van der Waals surface area (Å²) >= 11 is 6.55. The zero-order valence-electron chi connectivity index (χ0n) is 28.3. The Morgan fingerprint density at radius 1 is 1.22 bits per heavy atom. The second-order valence-electron chi connectivity index (χ2n) is 14.5. The lowest BCUT2D eigenvalue weighted by atomic mass is 9.75. The molecule has 0 radical (unpaired) electrons. The highest BCUT2D eigenvalue weighted by atomic mass is 35.5. The molecule has 2 aliphatic heterocycles. The normalized spacial score (nSPS) is 20.5. The second kappa shape index (κ2) is 13.1. The molecular formula is C35H40ClF2N9O3. The van der Waals surface area contributed by atoms with E-state index < -0.39 is 35.5 Å². The standard InChI is InChI=1S/C35H40ClF2N9O3/c1-21(15-46(40-5)30(37)38)22-6-9-24(10-7-22)35(17-33(2,3)4)29(48)47(31(39)43-35)27(16-50-32(49)45-18-34(19-45)12-13-34)23-8-11-26(36)25(14-23)28-41-20-42-44-28/h6-11,14-15,20,27,30H,5,12-13,16-19H2,1-4H3,(H2,39,43)(H,41,42,44)/b21-15+/t27?,35-/m1/s1. The first kappa shape index (κ1) is 35.0. The number of nitrogens with zero attached hydrogens (tertiary/aromatic N) is 6. The molecule has 2 aromatic carbocycles. The quantitative estimate of drug-likeness (QED) is 0.116. The summed E-state index contributed by atoms with van der Waals surface area (Å²) in [6.07, 6.45) is 4.59. The number of H-pyrrole nitrogens is 1. The number of hydrogen-bond acceptors (Lipinski definition) is 8. The maximum Gasteiger partial charge on any atom is 0.409 e. The van der Waals surface area contributed by atoms with E-state index >= 15 is 0 Å². The smallest absolute Gasteiger partial charge is 0.409 e. The van der Waals surface area contributed by atoms with E-state index in [0.29, 0.717) is 63.2 Å². The van der Waals surface area contributed by atoms with E-state index in [1.807, 2.05) is 20.8 Å². The van der Waals surface area contributed by atoms with Gasteiger partial charge in [0.25, 0.3) is 5.91 Å². The van der Waals surface area contributed by atoms with Gasteiger partial charge in [-0.2, -0.15) is 19.0 Å². The van der Waals surface area contributed by atoms with E-state index in [9.17, 15) is 23.8 Å². The van der Waals surface area contributed by atoms with Crippen molar-refractivity contribution in [1.29, 1.82) is 5.41 Å². The number of benzene rings is 2. The number of aromatic amines is 1. The third-order valence-electron chi connectivity index (χ3n) is 9.46. The molecule has 2 atom stereocenters. The van der Waals surface area contributed by atoms with E-state index in [0.717, 1.165) is 12.8 Å². The highest BCUT2D eigenvalue weighted by molar-refractivity contribution is 6.33. The Kier molecular flexibility index (Phi) is 9.18. The highest BCUT2D eigenvalue weighted by Gasteiger charge is 2.56. The van der Waals surface area contributed by atoms with Gasteiger partial charge in [-0.3, -0.25) is 20.2 Å². The minimum absolute atomic E-state index is 0.165. The summed E-state index contributed by atoms with van der Waals surface area (Å²) in [5.41, 5.74) is 1.29. The Bertz CT molecular complexity index is 1820. The molecule has 264 valence electrons. The highest BCUT2D eigenvalue weighted by Crippen LogP contribution is 2.53. The van der Waals surface area contributed by atoms with Crippen LogP contribution in [0.2, 0.25) is 5.02 Å². The largest absolute Gasteiger partial charge is 0.447 e. The van der Waals surface area contributed by atoms with Crippen molar-refractivity contribution in [3.05, 3.63) is 76.7 Å². The van der Waals surface area contributed by atoms with Crippen LogP contribution >= 0.6 is 11.6 Å². The van der Waals surface area contributed by atoms with Crippen molar-refractivity contribution < 1.29 is 23.1 Å².